The van der Waals surface area contributed by atoms with Crippen molar-refractivity contribution in [1.29, 1.82) is 0 Å². The second-order valence-electron chi connectivity index (χ2n) is 11.0. The average molecular weight is 563 g/mol. The van der Waals surface area contributed by atoms with E-state index < -0.39 is 54.2 Å². The van der Waals surface area contributed by atoms with Crippen molar-refractivity contribution in [3.8, 4) is 5.75 Å². The van der Waals surface area contributed by atoms with Gasteiger partial charge in [0, 0.05) is 13.0 Å². The first-order valence-electron chi connectivity index (χ1n) is 14.2. The summed E-state index contributed by atoms with van der Waals surface area (Å²) in [5.41, 5.74) is -0.499. The van der Waals surface area contributed by atoms with Gasteiger partial charge in [-0.25, -0.2) is 4.39 Å². The SMILES string of the molecule is CC[C@]1(C)NC(=O)[C@H](CCCCCC(O)CF)NC(=O)[C@H]2CCCN2C(=O)[C@H](Cc2ccc(OC)cc2)NC1=O. The normalized spacial score (nSPS) is 26.6. The van der Waals surface area contributed by atoms with Gasteiger partial charge in [-0.3, -0.25) is 19.2 Å². The van der Waals surface area contributed by atoms with Gasteiger partial charge in [-0.2, -0.15) is 0 Å². The minimum absolute atomic E-state index is 0.215. The van der Waals surface area contributed by atoms with Gasteiger partial charge in [0.15, 0.2) is 0 Å². The predicted octanol–water partition coefficient (Wildman–Crippen LogP) is 1.78. The number of aliphatic hydroxyl groups is 1. The topological polar surface area (TPSA) is 137 Å². The largest absolute Gasteiger partial charge is 0.497 e. The number of halogens is 1. The fraction of sp³-hybridized carbons (Fsp3) is 0.655. The lowest BCUT2D eigenvalue weighted by Crippen LogP contribution is -2.65. The third-order valence-corrected chi connectivity index (χ3v) is 7.99. The summed E-state index contributed by atoms with van der Waals surface area (Å²) in [5, 5.41) is 18.0. The zero-order valence-electron chi connectivity index (χ0n) is 23.7. The van der Waals surface area contributed by atoms with Crippen molar-refractivity contribution in [2.45, 2.75) is 101 Å². The molecule has 0 aromatic heterocycles. The van der Waals surface area contributed by atoms with Crippen LogP contribution in [0, 0.1) is 0 Å². The zero-order valence-corrected chi connectivity index (χ0v) is 23.7. The number of unbranched alkanes of at least 4 members (excludes halogenated alkanes) is 2. The van der Waals surface area contributed by atoms with Crippen molar-refractivity contribution in [3.05, 3.63) is 29.8 Å². The van der Waals surface area contributed by atoms with Crippen LogP contribution in [0.2, 0.25) is 0 Å². The van der Waals surface area contributed by atoms with Crippen LogP contribution in [0.5, 0.6) is 5.75 Å². The summed E-state index contributed by atoms with van der Waals surface area (Å²) < 4.78 is 17.7. The molecule has 40 heavy (non-hydrogen) atoms. The maximum absolute atomic E-state index is 13.8. The molecule has 2 aliphatic heterocycles. The molecule has 11 heteroatoms. The molecule has 1 unspecified atom stereocenters. The molecular formula is C29H43FN4O6. The number of amides is 4. The van der Waals surface area contributed by atoms with Crippen LogP contribution in [0.3, 0.4) is 0 Å². The molecule has 0 spiro atoms. The molecule has 0 radical (unpaired) electrons. The highest BCUT2D eigenvalue weighted by molar-refractivity contribution is 5.99. The summed E-state index contributed by atoms with van der Waals surface area (Å²) in [6.45, 7) is 2.96. The lowest BCUT2D eigenvalue weighted by atomic mass is 9.94. The van der Waals surface area contributed by atoms with Crippen molar-refractivity contribution >= 4 is 23.6 Å². The number of aliphatic hydroxyl groups excluding tert-OH is 1. The summed E-state index contributed by atoms with van der Waals surface area (Å²) in [6, 6.07) is 4.65. The number of hydrogen-bond donors (Lipinski definition) is 4. The fourth-order valence-corrected chi connectivity index (χ4v) is 5.20. The lowest BCUT2D eigenvalue weighted by molar-refractivity contribution is -0.144. The average Bonchev–Trinajstić information content (AvgIpc) is 3.45. The van der Waals surface area contributed by atoms with E-state index in [1.165, 1.54) is 4.90 Å². The van der Waals surface area contributed by atoms with Crippen molar-refractivity contribution in [1.82, 2.24) is 20.9 Å². The smallest absolute Gasteiger partial charge is 0.246 e. The van der Waals surface area contributed by atoms with Gasteiger partial charge in [-0.1, -0.05) is 38.3 Å². The number of alkyl halides is 1. The second-order valence-corrected chi connectivity index (χ2v) is 11.0. The van der Waals surface area contributed by atoms with Crippen LogP contribution >= 0.6 is 0 Å². The van der Waals surface area contributed by atoms with Crippen LogP contribution in [0.4, 0.5) is 4.39 Å². The Morgan fingerprint density at radius 2 is 1.80 bits per heavy atom. The first-order chi connectivity index (χ1) is 19.1. The molecule has 0 saturated carbocycles. The van der Waals surface area contributed by atoms with Crippen LogP contribution < -0.4 is 20.7 Å². The van der Waals surface area contributed by atoms with E-state index in [-0.39, 0.29) is 18.7 Å². The molecule has 3 rings (SSSR count). The minimum atomic E-state index is -1.31. The third kappa shape index (κ3) is 7.93. The highest BCUT2D eigenvalue weighted by Gasteiger charge is 2.43. The monoisotopic (exact) mass is 562 g/mol. The van der Waals surface area contributed by atoms with Crippen molar-refractivity contribution in [2.24, 2.45) is 0 Å². The highest BCUT2D eigenvalue weighted by Crippen LogP contribution is 2.23. The van der Waals surface area contributed by atoms with E-state index in [2.05, 4.69) is 16.0 Å². The third-order valence-electron chi connectivity index (χ3n) is 7.99. The number of rotatable bonds is 11. The number of methoxy groups -OCH3 is 1. The Hall–Kier alpha value is -3.21. The Labute approximate surface area is 235 Å². The van der Waals surface area contributed by atoms with E-state index in [0.717, 1.165) is 5.56 Å². The molecule has 0 bridgehead atoms. The van der Waals surface area contributed by atoms with Crippen molar-refractivity contribution < 1.29 is 33.4 Å². The van der Waals surface area contributed by atoms with Crippen LogP contribution in [0.25, 0.3) is 0 Å². The summed E-state index contributed by atoms with van der Waals surface area (Å²) in [4.78, 5) is 55.7. The van der Waals surface area contributed by atoms with Crippen molar-refractivity contribution in [3.63, 3.8) is 0 Å². The first-order valence-corrected chi connectivity index (χ1v) is 14.2. The number of nitrogens with zero attached hydrogens (tertiary/aromatic N) is 1. The Bertz CT molecular complexity index is 1040. The molecule has 4 N–H and O–H groups in total. The van der Waals surface area contributed by atoms with Gasteiger partial charge in [0.25, 0.3) is 0 Å². The number of fused-ring (bicyclic) bond motifs is 1. The summed E-state index contributed by atoms with van der Waals surface area (Å²) >= 11 is 0. The zero-order chi connectivity index (χ0) is 29.3. The number of carbonyl (C=O) groups excluding carboxylic acids is 4. The highest BCUT2D eigenvalue weighted by atomic mass is 19.1. The second kappa shape index (κ2) is 14.4. The van der Waals surface area contributed by atoms with Gasteiger partial charge in [0.05, 0.1) is 13.2 Å². The summed E-state index contributed by atoms with van der Waals surface area (Å²) in [7, 11) is 1.56. The van der Waals surface area contributed by atoms with Crippen LogP contribution in [-0.2, 0) is 25.6 Å². The van der Waals surface area contributed by atoms with Crippen LogP contribution in [0.15, 0.2) is 24.3 Å². The molecule has 1 aromatic carbocycles. The Morgan fingerprint density at radius 1 is 1.07 bits per heavy atom. The summed E-state index contributed by atoms with van der Waals surface area (Å²) in [6.07, 6.45) is 3.00. The molecule has 2 saturated heterocycles. The first kappa shape index (κ1) is 31.3. The Balaban J connectivity index is 1.83. The van der Waals surface area contributed by atoms with E-state index in [1.807, 2.05) is 12.1 Å². The van der Waals surface area contributed by atoms with E-state index in [9.17, 15) is 28.7 Å². The summed E-state index contributed by atoms with van der Waals surface area (Å²) in [5.74, 6) is -1.01. The quantitative estimate of drug-likeness (QED) is 0.304. The molecule has 2 aliphatic rings. The number of nitrogens with one attached hydrogen (secondary N) is 3. The van der Waals surface area contributed by atoms with Gasteiger partial charge >= 0.3 is 0 Å². The Kier molecular flexibility index (Phi) is 11.3. The molecule has 2 fully saturated rings. The van der Waals surface area contributed by atoms with Crippen molar-refractivity contribution in [2.75, 3.05) is 20.3 Å². The van der Waals surface area contributed by atoms with Crippen LogP contribution in [-0.4, -0.2) is 83.7 Å². The molecule has 2 heterocycles. The maximum Gasteiger partial charge on any atom is 0.246 e. The fourth-order valence-electron chi connectivity index (χ4n) is 5.20. The van der Waals surface area contributed by atoms with Gasteiger partial charge in [0.2, 0.25) is 23.6 Å². The maximum atomic E-state index is 13.8. The number of hydrogen-bond acceptors (Lipinski definition) is 6. The van der Waals surface area contributed by atoms with Crippen LogP contribution in [0.1, 0.15) is 70.8 Å². The lowest BCUT2D eigenvalue weighted by Gasteiger charge is -2.36. The minimum Gasteiger partial charge on any atom is -0.497 e. The van der Waals surface area contributed by atoms with E-state index >= 15 is 0 Å². The molecule has 10 nitrogen and oxygen atoms in total. The number of ether oxygens (including phenoxy) is 1. The van der Waals surface area contributed by atoms with E-state index in [4.69, 9.17) is 4.74 Å². The molecule has 222 valence electrons. The molecule has 4 amide bonds. The molecule has 5 atom stereocenters. The van der Waals surface area contributed by atoms with Gasteiger partial charge < -0.3 is 30.7 Å². The number of benzene rings is 1. The standard InChI is InChI=1S/C29H43FN4O6/c1-4-29(2)28(39)32-23(17-19-12-14-21(40-3)15-13-19)27(38)34-16-8-11-24(34)26(37)31-22(25(36)33-29)10-7-5-6-9-20(35)18-30/h12-15,20,22-24,35H,4-11,16-18H2,1-3H3,(H,31,37)(H,32,39)(H,33,36)/t20?,22-,23-,24+,29-/m0/s1. The molecule has 0 aliphatic carbocycles. The molecule has 1 aromatic rings. The molecular weight excluding hydrogens is 519 g/mol. The van der Waals surface area contributed by atoms with Gasteiger partial charge in [0.1, 0.15) is 36.1 Å². The van der Waals surface area contributed by atoms with E-state index in [1.54, 1.807) is 33.1 Å². The Morgan fingerprint density at radius 3 is 2.45 bits per heavy atom. The van der Waals surface area contributed by atoms with E-state index in [0.29, 0.717) is 57.2 Å². The predicted molar refractivity (Wildman–Crippen MR) is 147 cm³/mol. The van der Waals surface area contributed by atoms with Gasteiger partial charge in [-0.15, -0.1) is 0 Å². The van der Waals surface area contributed by atoms with Gasteiger partial charge in [-0.05, 0) is 56.7 Å². The number of carbonyl (C=O) groups is 4.